The van der Waals surface area contributed by atoms with Crippen molar-refractivity contribution in [3.05, 3.63) is 35.4 Å². The number of carbonyl (C=O) groups excluding carboxylic acids is 1. The second kappa shape index (κ2) is 7.60. The van der Waals surface area contributed by atoms with Crippen molar-refractivity contribution in [1.82, 2.24) is 5.32 Å². The van der Waals surface area contributed by atoms with Crippen molar-refractivity contribution in [3.8, 4) is 0 Å². The standard InChI is InChI=1S/C18H27NO2/c1-2-15-6-8-16(9-7-15)10-11-17(21)19-18(14-20)12-4-3-5-13-18/h6-9,20H,2-5,10-14H2,1H3,(H,19,21). The van der Waals surface area contributed by atoms with E-state index in [1.165, 1.54) is 17.5 Å². The van der Waals surface area contributed by atoms with Crippen LogP contribution in [0.25, 0.3) is 0 Å². The molecule has 0 saturated heterocycles. The molecule has 21 heavy (non-hydrogen) atoms. The second-order valence-corrected chi connectivity index (χ2v) is 6.22. The molecule has 2 N–H and O–H groups in total. The highest BCUT2D eigenvalue weighted by atomic mass is 16.3. The Hall–Kier alpha value is -1.35. The van der Waals surface area contributed by atoms with Gasteiger partial charge in [0.2, 0.25) is 5.91 Å². The lowest BCUT2D eigenvalue weighted by Gasteiger charge is -2.36. The van der Waals surface area contributed by atoms with Crippen molar-refractivity contribution in [3.63, 3.8) is 0 Å². The first kappa shape index (κ1) is 16.0. The highest BCUT2D eigenvalue weighted by Crippen LogP contribution is 2.27. The van der Waals surface area contributed by atoms with E-state index in [9.17, 15) is 9.90 Å². The fourth-order valence-corrected chi connectivity index (χ4v) is 3.11. The molecule has 1 saturated carbocycles. The van der Waals surface area contributed by atoms with E-state index in [1.807, 2.05) is 0 Å². The van der Waals surface area contributed by atoms with Crippen LogP contribution in [0.2, 0.25) is 0 Å². The monoisotopic (exact) mass is 289 g/mol. The summed E-state index contributed by atoms with van der Waals surface area (Å²) in [6.45, 7) is 2.20. The van der Waals surface area contributed by atoms with Gasteiger partial charge in [-0.1, -0.05) is 50.5 Å². The van der Waals surface area contributed by atoms with Gasteiger partial charge in [-0.2, -0.15) is 0 Å². The minimum Gasteiger partial charge on any atom is -0.394 e. The number of benzene rings is 1. The maximum atomic E-state index is 12.1. The largest absolute Gasteiger partial charge is 0.394 e. The topological polar surface area (TPSA) is 49.3 Å². The molecule has 3 nitrogen and oxygen atoms in total. The van der Waals surface area contributed by atoms with E-state index in [0.717, 1.165) is 38.5 Å². The van der Waals surface area contributed by atoms with E-state index >= 15 is 0 Å². The van der Waals surface area contributed by atoms with Crippen LogP contribution in [-0.4, -0.2) is 23.2 Å². The van der Waals surface area contributed by atoms with Gasteiger partial charge in [0.05, 0.1) is 12.1 Å². The second-order valence-electron chi connectivity index (χ2n) is 6.22. The summed E-state index contributed by atoms with van der Waals surface area (Å²) in [4.78, 5) is 12.1. The Morgan fingerprint density at radius 2 is 1.76 bits per heavy atom. The summed E-state index contributed by atoms with van der Waals surface area (Å²) >= 11 is 0. The first-order chi connectivity index (χ1) is 10.2. The lowest BCUT2D eigenvalue weighted by Crippen LogP contribution is -2.52. The van der Waals surface area contributed by atoms with Crippen LogP contribution in [0.5, 0.6) is 0 Å². The van der Waals surface area contributed by atoms with Gasteiger partial charge in [-0.25, -0.2) is 0 Å². The summed E-state index contributed by atoms with van der Waals surface area (Å²) < 4.78 is 0. The van der Waals surface area contributed by atoms with Gasteiger partial charge in [0.15, 0.2) is 0 Å². The van der Waals surface area contributed by atoms with Crippen LogP contribution in [0.15, 0.2) is 24.3 Å². The number of amides is 1. The van der Waals surface area contributed by atoms with Crippen molar-refractivity contribution in [2.24, 2.45) is 0 Å². The molecule has 0 atom stereocenters. The van der Waals surface area contributed by atoms with Gasteiger partial charge < -0.3 is 10.4 Å². The quantitative estimate of drug-likeness (QED) is 0.846. The fraction of sp³-hybridized carbons (Fsp3) is 0.611. The minimum atomic E-state index is -0.360. The molecule has 0 bridgehead atoms. The van der Waals surface area contributed by atoms with Crippen molar-refractivity contribution in [2.75, 3.05) is 6.61 Å². The fourth-order valence-electron chi connectivity index (χ4n) is 3.11. The van der Waals surface area contributed by atoms with Gasteiger partial charge in [0.1, 0.15) is 0 Å². The smallest absolute Gasteiger partial charge is 0.220 e. The van der Waals surface area contributed by atoms with Gasteiger partial charge in [0.25, 0.3) is 0 Å². The van der Waals surface area contributed by atoms with E-state index in [4.69, 9.17) is 0 Å². The molecule has 0 radical (unpaired) electrons. The van der Waals surface area contributed by atoms with E-state index in [0.29, 0.717) is 6.42 Å². The number of nitrogens with one attached hydrogen (secondary N) is 1. The minimum absolute atomic E-state index is 0.0595. The Bertz CT molecular complexity index is 447. The third-order valence-corrected chi connectivity index (χ3v) is 4.59. The number of rotatable bonds is 6. The molecule has 1 aliphatic rings. The Morgan fingerprint density at radius 3 is 2.33 bits per heavy atom. The highest BCUT2D eigenvalue weighted by Gasteiger charge is 2.32. The van der Waals surface area contributed by atoms with E-state index in [1.54, 1.807) is 0 Å². The number of aryl methyl sites for hydroxylation is 2. The molecule has 0 unspecified atom stereocenters. The zero-order chi connectivity index (χ0) is 15.1. The average Bonchev–Trinajstić information content (AvgIpc) is 2.54. The summed E-state index contributed by atoms with van der Waals surface area (Å²) in [5, 5.41) is 12.7. The Morgan fingerprint density at radius 1 is 1.14 bits per heavy atom. The first-order valence-corrected chi connectivity index (χ1v) is 8.17. The van der Waals surface area contributed by atoms with E-state index < -0.39 is 0 Å². The molecule has 0 heterocycles. The number of carbonyl (C=O) groups is 1. The normalized spacial score (nSPS) is 17.4. The first-order valence-electron chi connectivity index (χ1n) is 8.17. The number of aliphatic hydroxyl groups is 1. The molecule has 1 aromatic carbocycles. The van der Waals surface area contributed by atoms with Gasteiger partial charge >= 0.3 is 0 Å². The molecule has 1 aromatic rings. The van der Waals surface area contributed by atoms with Gasteiger partial charge in [-0.15, -0.1) is 0 Å². The lowest BCUT2D eigenvalue weighted by molar-refractivity contribution is -0.124. The van der Waals surface area contributed by atoms with Crippen LogP contribution in [0.4, 0.5) is 0 Å². The predicted octanol–water partition coefficient (Wildman–Crippen LogP) is 2.99. The Kier molecular flexibility index (Phi) is 5.80. The van der Waals surface area contributed by atoms with Crippen LogP contribution in [0, 0.1) is 0 Å². The van der Waals surface area contributed by atoms with Crippen molar-refractivity contribution < 1.29 is 9.90 Å². The van der Waals surface area contributed by atoms with Gasteiger partial charge in [-0.05, 0) is 36.8 Å². The van der Waals surface area contributed by atoms with E-state index in [2.05, 4.69) is 36.5 Å². The Labute approximate surface area is 127 Å². The molecular weight excluding hydrogens is 262 g/mol. The van der Waals surface area contributed by atoms with Crippen LogP contribution < -0.4 is 5.32 Å². The molecule has 3 heteroatoms. The average molecular weight is 289 g/mol. The van der Waals surface area contributed by atoms with Crippen molar-refractivity contribution in [1.29, 1.82) is 0 Å². The highest BCUT2D eigenvalue weighted by molar-refractivity contribution is 5.77. The zero-order valence-corrected chi connectivity index (χ0v) is 13.0. The van der Waals surface area contributed by atoms with Crippen molar-refractivity contribution >= 4 is 5.91 Å². The number of aliphatic hydroxyl groups excluding tert-OH is 1. The third kappa shape index (κ3) is 4.57. The van der Waals surface area contributed by atoms with Crippen LogP contribution >= 0.6 is 0 Å². The summed E-state index contributed by atoms with van der Waals surface area (Å²) in [5.41, 5.74) is 2.16. The molecule has 116 valence electrons. The number of hydrogen-bond donors (Lipinski definition) is 2. The molecule has 0 spiro atoms. The number of hydrogen-bond acceptors (Lipinski definition) is 2. The van der Waals surface area contributed by atoms with Crippen molar-refractivity contribution in [2.45, 2.75) is 63.8 Å². The summed E-state index contributed by atoms with van der Waals surface area (Å²) in [5.74, 6) is 0.0607. The van der Waals surface area contributed by atoms with Gasteiger partial charge in [0, 0.05) is 6.42 Å². The molecule has 0 aromatic heterocycles. The van der Waals surface area contributed by atoms with Gasteiger partial charge in [-0.3, -0.25) is 4.79 Å². The zero-order valence-electron chi connectivity index (χ0n) is 13.0. The maximum absolute atomic E-state index is 12.1. The predicted molar refractivity (Wildman–Crippen MR) is 85.2 cm³/mol. The van der Waals surface area contributed by atoms with E-state index in [-0.39, 0.29) is 18.1 Å². The molecule has 1 fully saturated rings. The molecule has 1 aliphatic carbocycles. The van der Waals surface area contributed by atoms with Crippen LogP contribution in [0.3, 0.4) is 0 Å². The van der Waals surface area contributed by atoms with Crippen LogP contribution in [0.1, 0.15) is 56.6 Å². The SMILES string of the molecule is CCc1ccc(CCC(=O)NC2(CO)CCCCC2)cc1. The maximum Gasteiger partial charge on any atom is 0.220 e. The molecular formula is C18H27NO2. The summed E-state index contributed by atoms with van der Waals surface area (Å²) in [6, 6.07) is 8.47. The molecule has 1 amide bonds. The lowest BCUT2D eigenvalue weighted by atomic mass is 9.82. The molecule has 2 rings (SSSR count). The summed E-state index contributed by atoms with van der Waals surface area (Å²) in [7, 11) is 0. The third-order valence-electron chi connectivity index (χ3n) is 4.59. The molecule has 0 aliphatic heterocycles. The van der Waals surface area contributed by atoms with Crippen LogP contribution in [-0.2, 0) is 17.6 Å². The Balaban J connectivity index is 1.83. The summed E-state index contributed by atoms with van der Waals surface area (Å²) in [6.07, 6.45) is 7.51.